The molecule has 3 rings (SSSR count). The molecule has 1 amide bonds. The van der Waals surface area contributed by atoms with Gasteiger partial charge in [0, 0.05) is 31.1 Å². The number of nitrogens with zero attached hydrogens (tertiary/aromatic N) is 3. The molecule has 0 aliphatic rings. The van der Waals surface area contributed by atoms with E-state index < -0.39 is 10.0 Å². The van der Waals surface area contributed by atoms with E-state index in [4.69, 9.17) is 5.14 Å². The second kappa shape index (κ2) is 8.54. The highest BCUT2D eigenvalue weighted by Crippen LogP contribution is 2.20. The molecule has 2 aromatic heterocycles. The first-order valence-corrected chi connectivity index (χ1v) is 10.6. The Kier molecular flexibility index (Phi) is 6.09. The van der Waals surface area contributed by atoms with Crippen molar-refractivity contribution in [1.82, 2.24) is 20.1 Å². The standard InChI is InChI=1S/C20H23N5O3S/c1-14-19(7-8-20(26)23-13-16-9-11-22-12-10-16)15(2)25(24-14)17-3-5-18(6-4-17)29(21,27)28/h3-6,9-12H,7-8,13H2,1-2H3,(H,23,26)(H2,21,27,28). The number of primary sulfonamides is 1. The molecule has 3 aromatic rings. The van der Waals surface area contributed by atoms with E-state index in [1.165, 1.54) is 12.1 Å². The third-order valence-electron chi connectivity index (χ3n) is 4.69. The summed E-state index contributed by atoms with van der Waals surface area (Å²) in [6, 6.07) is 9.94. The summed E-state index contributed by atoms with van der Waals surface area (Å²) in [4.78, 5) is 16.2. The first-order chi connectivity index (χ1) is 13.8. The number of nitrogens with two attached hydrogens (primary N) is 1. The summed E-state index contributed by atoms with van der Waals surface area (Å²) in [5, 5.41) is 12.6. The Hall–Kier alpha value is -3.04. The van der Waals surface area contributed by atoms with Crippen LogP contribution in [0.1, 0.15) is 28.9 Å². The molecule has 0 radical (unpaired) electrons. The van der Waals surface area contributed by atoms with Gasteiger partial charge in [-0.1, -0.05) is 0 Å². The number of carbonyl (C=O) groups is 1. The number of pyridine rings is 1. The number of rotatable bonds is 7. The molecule has 0 spiro atoms. The van der Waals surface area contributed by atoms with Gasteiger partial charge in [-0.15, -0.1) is 0 Å². The zero-order valence-electron chi connectivity index (χ0n) is 16.3. The molecular weight excluding hydrogens is 390 g/mol. The Bertz CT molecular complexity index is 1110. The minimum absolute atomic E-state index is 0.0362. The van der Waals surface area contributed by atoms with Gasteiger partial charge in [-0.3, -0.25) is 9.78 Å². The molecule has 0 atom stereocenters. The minimum atomic E-state index is -3.74. The quantitative estimate of drug-likeness (QED) is 0.612. The van der Waals surface area contributed by atoms with Gasteiger partial charge in [0.25, 0.3) is 0 Å². The lowest BCUT2D eigenvalue weighted by Crippen LogP contribution is -2.23. The Morgan fingerprint density at radius 2 is 1.76 bits per heavy atom. The van der Waals surface area contributed by atoms with Crippen molar-refractivity contribution in [2.75, 3.05) is 0 Å². The van der Waals surface area contributed by atoms with Gasteiger partial charge < -0.3 is 5.32 Å². The lowest BCUT2D eigenvalue weighted by molar-refractivity contribution is -0.121. The van der Waals surface area contributed by atoms with E-state index >= 15 is 0 Å². The van der Waals surface area contributed by atoms with Crippen LogP contribution < -0.4 is 10.5 Å². The predicted molar refractivity (Wildman–Crippen MR) is 109 cm³/mol. The van der Waals surface area contributed by atoms with Crippen LogP contribution in [0, 0.1) is 13.8 Å². The summed E-state index contributed by atoms with van der Waals surface area (Å²) < 4.78 is 24.6. The third-order valence-corrected chi connectivity index (χ3v) is 5.62. The Morgan fingerprint density at radius 1 is 1.10 bits per heavy atom. The third kappa shape index (κ3) is 5.07. The van der Waals surface area contributed by atoms with Gasteiger partial charge in [0.1, 0.15) is 0 Å². The number of aromatic nitrogens is 3. The zero-order chi connectivity index (χ0) is 21.0. The highest BCUT2D eigenvalue weighted by Gasteiger charge is 2.15. The number of amides is 1. The maximum absolute atomic E-state index is 12.2. The average Bonchev–Trinajstić information content (AvgIpc) is 2.98. The van der Waals surface area contributed by atoms with E-state index in [0.717, 1.165) is 28.2 Å². The SMILES string of the molecule is Cc1nn(-c2ccc(S(N)(=O)=O)cc2)c(C)c1CCC(=O)NCc1ccncc1. The highest BCUT2D eigenvalue weighted by atomic mass is 32.2. The summed E-state index contributed by atoms with van der Waals surface area (Å²) in [6.07, 6.45) is 4.30. The molecule has 1 aromatic carbocycles. The van der Waals surface area contributed by atoms with E-state index in [2.05, 4.69) is 15.4 Å². The molecule has 2 heterocycles. The number of hydrogen-bond acceptors (Lipinski definition) is 5. The van der Waals surface area contributed by atoms with Crippen molar-refractivity contribution in [2.45, 2.75) is 38.1 Å². The largest absolute Gasteiger partial charge is 0.352 e. The highest BCUT2D eigenvalue weighted by molar-refractivity contribution is 7.89. The summed E-state index contributed by atoms with van der Waals surface area (Å²) in [6.45, 7) is 4.29. The first kappa shape index (κ1) is 20.7. The van der Waals surface area contributed by atoms with Crippen LogP contribution in [0.15, 0.2) is 53.7 Å². The van der Waals surface area contributed by atoms with Gasteiger partial charge in [0.05, 0.1) is 16.3 Å². The second-order valence-electron chi connectivity index (χ2n) is 6.73. The predicted octanol–water partition coefficient (Wildman–Crippen LogP) is 1.78. The summed E-state index contributed by atoms with van der Waals surface area (Å²) in [5.74, 6) is -0.0362. The monoisotopic (exact) mass is 413 g/mol. The fourth-order valence-electron chi connectivity index (χ4n) is 3.09. The first-order valence-electron chi connectivity index (χ1n) is 9.09. The summed E-state index contributed by atoms with van der Waals surface area (Å²) in [7, 11) is -3.74. The van der Waals surface area contributed by atoms with Gasteiger partial charge in [-0.25, -0.2) is 18.2 Å². The van der Waals surface area contributed by atoms with Crippen LogP contribution in [0.5, 0.6) is 0 Å². The van der Waals surface area contributed by atoms with Crippen molar-refractivity contribution < 1.29 is 13.2 Å². The number of hydrogen-bond donors (Lipinski definition) is 2. The maximum atomic E-state index is 12.2. The number of nitrogens with one attached hydrogen (secondary N) is 1. The van der Waals surface area contributed by atoms with E-state index in [1.807, 2.05) is 26.0 Å². The lowest BCUT2D eigenvalue weighted by Gasteiger charge is -2.07. The van der Waals surface area contributed by atoms with Crippen molar-refractivity contribution >= 4 is 15.9 Å². The van der Waals surface area contributed by atoms with Gasteiger partial charge >= 0.3 is 0 Å². The van der Waals surface area contributed by atoms with Crippen LogP contribution in [-0.2, 0) is 27.8 Å². The molecule has 0 saturated carbocycles. The van der Waals surface area contributed by atoms with Crippen LogP contribution >= 0.6 is 0 Å². The smallest absolute Gasteiger partial charge is 0.238 e. The summed E-state index contributed by atoms with van der Waals surface area (Å²) >= 11 is 0. The van der Waals surface area contributed by atoms with Gasteiger partial charge in [-0.05, 0) is 67.8 Å². The number of benzene rings is 1. The van der Waals surface area contributed by atoms with Crippen LogP contribution in [0.2, 0.25) is 0 Å². The van der Waals surface area contributed by atoms with Crippen molar-refractivity contribution in [3.8, 4) is 5.69 Å². The molecule has 0 aliphatic heterocycles. The van der Waals surface area contributed by atoms with Crippen molar-refractivity contribution in [3.05, 3.63) is 71.3 Å². The fourth-order valence-corrected chi connectivity index (χ4v) is 3.61. The number of aryl methyl sites for hydroxylation is 1. The molecule has 0 bridgehead atoms. The van der Waals surface area contributed by atoms with Gasteiger partial charge in [-0.2, -0.15) is 5.10 Å². The number of sulfonamides is 1. The van der Waals surface area contributed by atoms with Crippen LogP contribution in [0.25, 0.3) is 5.69 Å². The lowest BCUT2D eigenvalue weighted by atomic mass is 10.1. The Morgan fingerprint density at radius 3 is 2.38 bits per heavy atom. The normalized spacial score (nSPS) is 11.4. The van der Waals surface area contributed by atoms with Gasteiger partial charge in [0.2, 0.25) is 15.9 Å². The number of carbonyl (C=O) groups excluding carboxylic acids is 1. The van der Waals surface area contributed by atoms with E-state index in [-0.39, 0.29) is 10.8 Å². The van der Waals surface area contributed by atoms with Crippen molar-refractivity contribution in [1.29, 1.82) is 0 Å². The summed E-state index contributed by atoms with van der Waals surface area (Å²) in [5.41, 5.74) is 4.47. The van der Waals surface area contributed by atoms with E-state index in [0.29, 0.717) is 19.4 Å². The minimum Gasteiger partial charge on any atom is -0.352 e. The molecule has 8 nitrogen and oxygen atoms in total. The molecule has 0 aliphatic carbocycles. The molecule has 3 N–H and O–H groups in total. The molecule has 0 unspecified atom stereocenters. The zero-order valence-corrected chi connectivity index (χ0v) is 17.1. The van der Waals surface area contributed by atoms with Crippen molar-refractivity contribution in [3.63, 3.8) is 0 Å². The molecular formula is C20H23N5O3S. The Balaban J connectivity index is 1.67. The van der Waals surface area contributed by atoms with Crippen LogP contribution in [0.4, 0.5) is 0 Å². The van der Waals surface area contributed by atoms with Crippen LogP contribution in [-0.4, -0.2) is 29.1 Å². The van der Waals surface area contributed by atoms with Gasteiger partial charge in [0.15, 0.2) is 0 Å². The molecule has 0 fully saturated rings. The molecule has 152 valence electrons. The fraction of sp³-hybridized carbons (Fsp3) is 0.250. The maximum Gasteiger partial charge on any atom is 0.238 e. The topological polar surface area (TPSA) is 120 Å². The van der Waals surface area contributed by atoms with E-state index in [1.54, 1.807) is 29.2 Å². The van der Waals surface area contributed by atoms with Crippen LogP contribution in [0.3, 0.4) is 0 Å². The molecule has 29 heavy (non-hydrogen) atoms. The second-order valence-corrected chi connectivity index (χ2v) is 8.29. The van der Waals surface area contributed by atoms with Crippen molar-refractivity contribution in [2.24, 2.45) is 5.14 Å². The average molecular weight is 414 g/mol. The Labute approximate surface area is 169 Å². The molecule has 9 heteroatoms. The van der Waals surface area contributed by atoms with E-state index in [9.17, 15) is 13.2 Å². The molecule has 0 saturated heterocycles.